The number of nitrogens with one attached hydrogen (secondary N) is 1. The Morgan fingerprint density at radius 1 is 1.44 bits per heavy atom. The number of carbonyl (C=O) groups is 1. The maximum Gasteiger partial charge on any atom is 0.266 e. The highest BCUT2D eigenvalue weighted by Gasteiger charge is 2.19. The number of rotatable bonds is 3. The Bertz CT molecular complexity index is 449. The van der Waals surface area contributed by atoms with Gasteiger partial charge in [0, 0.05) is 6.26 Å². The Kier molecular flexibility index (Phi) is 4.12. The van der Waals surface area contributed by atoms with Crippen molar-refractivity contribution in [3.63, 3.8) is 0 Å². The molecule has 0 aliphatic heterocycles. The molecule has 0 fully saturated rings. The van der Waals surface area contributed by atoms with Crippen LogP contribution in [0.2, 0.25) is 0 Å². The van der Waals surface area contributed by atoms with Crippen LogP contribution in [0.15, 0.2) is 12.1 Å². The number of amides is 1. The molecule has 1 amide bonds. The normalized spacial score (nSPS) is 12.2. The molecule has 1 atom stereocenters. The lowest BCUT2D eigenvalue weighted by Gasteiger charge is -2.08. The van der Waals surface area contributed by atoms with Gasteiger partial charge >= 0.3 is 0 Å². The van der Waals surface area contributed by atoms with E-state index in [-0.39, 0.29) is 5.56 Å². The van der Waals surface area contributed by atoms with Crippen molar-refractivity contribution in [2.24, 2.45) is 0 Å². The van der Waals surface area contributed by atoms with Gasteiger partial charge in [-0.2, -0.15) is 0 Å². The number of benzene rings is 1. The summed E-state index contributed by atoms with van der Waals surface area (Å²) in [5.41, 5.74) is -0.000417. The van der Waals surface area contributed by atoms with E-state index in [1.165, 1.54) is 12.3 Å². The van der Waals surface area contributed by atoms with Crippen molar-refractivity contribution < 1.29 is 17.8 Å². The molecular formula is C10H11F2NO2S. The molecule has 0 aliphatic rings. The zero-order valence-corrected chi connectivity index (χ0v) is 9.66. The van der Waals surface area contributed by atoms with Crippen molar-refractivity contribution in [2.75, 3.05) is 6.26 Å². The summed E-state index contributed by atoms with van der Waals surface area (Å²) in [4.78, 5) is 11.5. The first-order chi connectivity index (χ1) is 7.47. The van der Waals surface area contributed by atoms with E-state index in [4.69, 9.17) is 0 Å². The molecule has 0 aliphatic carbocycles. The van der Waals surface area contributed by atoms with Crippen LogP contribution < -0.4 is 4.72 Å². The molecule has 1 N–H and O–H groups in total. The van der Waals surface area contributed by atoms with Crippen LogP contribution in [0.1, 0.15) is 22.8 Å². The Morgan fingerprint density at radius 3 is 2.56 bits per heavy atom. The molecule has 0 saturated carbocycles. The minimum absolute atomic E-state index is 0.377. The zero-order valence-electron chi connectivity index (χ0n) is 8.84. The van der Waals surface area contributed by atoms with Crippen molar-refractivity contribution in [1.29, 1.82) is 0 Å². The van der Waals surface area contributed by atoms with Gasteiger partial charge < -0.3 is 0 Å². The highest BCUT2D eigenvalue weighted by Crippen LogP contribution is 2.17. The number of hydrogen-bond acceptors (Lipinski definition) is 2. The third-order valence-electron chi connectivity index (χ3n) is 2.03. The number of halogens is 2. The monoisotopic (exact) mass is 247 g/mol. The summed E-state index contributed by atoms with van der Waals surface area (Å²) in [6.07, 6.45) is 1.62. The predicted molar refractivity (Wildman–Crippen MR) is 57.3 cm³/mol. The summed E-state index contributed by atoms with van der Waals surface area (Å²) in [5, 5.41) is 0. The smallest absolute Gasteiger partial charge is 0.266 e. The number of carbonyl (C=O) groups excluding carboxylic acids is 1. The SMILES string of the molecule is CCc1ccc(F)c(F)c1C(=O)NS(C)=O. The minimum atomic E-state index is -1.61. The second-order valence-electron chi connectivity index (χ2n) is 3.13. The molecule has 1 aromatic rings. The van der Waals surface area contributed by atoms with Crippen molar-refractivity contribution in [3.05, 3.63) is 34.9 Å². The van der Waals surface area contributed by atoms with E-state index in [0.29, 0.717) is 12.0 Å². The fraction of sp³-hybridized carbons (Fsp3) is 0.300. The molecule has 3 nitrogen and oxygen atoms in total. The molecule has 16 heavy (non-hydrogen) atoms. The lowest BCUT2D eigenvalue weighted by molar-refractivity contribution is 0.0977. The van der Waals surface area contributed by atoms with Gasteiger partial charge in [-0.05, 0) is 18.1 Å². The lowest BCUT2D eigenvalue weighted by atomic mass is 10.0. The minimum Gasteiger partial charge on any atom is -0.271 e. The van der Waals surface area contributed by atoms with Crippen LogP contribution in [-0.2, 0) is 17.4 Å². The number of hydrogen-bond donors (Lipinski definition) is 1. The topological polar surface area (TPSA) is 46.2 Å². The molecule has 0 aromatic heterocycles. The van der Waals surface area contributed by atoms with Gasteiger partial charge in [-0.1, -0.05) is 13.0 Å². The maximum absolute atomic E-state index is 13.4. The van der Waals surface area contributed by atoms with Crippen LogP contribution in [0.25, 0.3) is 0 Å². The summed E-state index contributed by atoms with van der Waals surface area (Å²) in [7, 11) is -1.61. The van der Waals surface area contributed by atoms with Gasteiger partial charge in [-0.3, -0.25) is 9.52 Å². The van der Waals surface area contributed by atoms with Gasteiger partial charge in [0.05, 0.1) is 5.56 Å². The van der Waals surface area contributed by atoms with Crippen molar-refractivity contribution in [1.82, 2.24) is 4.72 Å². The Morgan fingerprint density at radius 2 is 2.06 bits per heavy atom. The van der Waals surface area contributed by atoms with Gasteiger partial charge in [0.25, 0.3) is 5.91 Å². The third-order valence-corrected chi connectivity index (χ3v) is 2.50. The molecule has 6 heteroatoms. The van der Waals surface area contributed by atoms with Gasteiger partial charge in [-0.25, -0.2) is 13.0 Å². The fourth-order valence-corrected chi connectivity index (χ4v) is 1.68. The maximum atomic E-state index is 13.4. The molecule has 88 valence electrons. The van der Waals surface area contributed by atoms with Gasteiger partial charge in [0.1, 0.15) is 11.0 Å². The van der Waals surface area contributed by atoms with Crippen molar-refractivity contribution in [3.8, 4) is 0 Å². The summed E-state index contributed by atoms with van der Waals surface area (Å²) in [6.45, 7) is 1.71. The molecule has 0 radical (unpaired) electrons. The van der Waals surface area contributed by atoms with Crippen molar-refractivity contribution in [2.45, 2.75) is 13.3 Å². The van der Waals surface area contributed by atoms with Crippen LogP contribution in [0.4, 0.5) is 8.78 Å². The quantitative estimate of drug-likeness (QED) is 0.880. The van der Waals surface area contributed by atoms with Crippen LogP contribution in [-0.4, -0.2) is 16.4 Å². The van der Waals surface area contributed by atoms with E-state index in [2.05, 4.69) is 0 Å². The van der Waals surface area contributed by atoms with Gasteiger partial charge in [0.2, 0.25) is 0 Å². The fourth-order valence-electron chi connectivity index (χ4n) is 1.31. The molecule has 0 heterocycles. The molecule has 0 saturated heterocycles. The first kappa shape index (κ1) is 12.8. The van der Waals surface area contributed by atoms with E-state index in [9.17, 15) is 17.8 Å². The van der Waals surface area contributed by atoms with Crippen molar-refractivity contribution >= 4 is 16.9 Å². The van der Waals surface area contributed by atoms with E-state index >= 15 is 0 Å². The summed E-state index contributed by atoms with van der Waals surface area (Å²) in [6, 6.07) is 2.31. The number of aryl methyl sites for hydroxylation is 1. The first-order valence-electron chi connectivity index (χ1n) is 4.58. The van der Waals surface area contributed by atoms with E-state index < -0.39 is 28.5 Å². The molecule has 1 rings (SSSR count). The van der Waals surface area contributed by atoms with E-state index in [0.717, 1.165) is 6.07 Å². The van der Waals surface area contributed by atoms with Gasteiger partial charge in [0.15, 0.2) is 11.6 Å². The predicted octanol–water partition coefficient (Wildman–Crippen LogP) is 1.55. The summed E-state index contributed by atoms with van der Waals surface area (Å²) >= 11 is 0. The lowest BCUT2D eigenvalue weighted by Crippen LogP contribution is -2.27. The van der Waals surface area contributed by atoms with Gasteiger partial charge in [-0.15, -0.1) is 0 Å². The molecule has 0 spiro atoms. The molecule has 1 aromatic carbocycles. The largest absolute Gasteiger partial charge is 0.271 e. The Labute approximate surface area is 94.4 Å². The second kappa shape index (κ2) is 5.16. The van der Waals surface area contributed by atoms with E-state index in [1.54, 1.807) is 6.92 Å². The standard InChI is InChI=1S/C10H11F2NO2S/c1-3-6-4-5-7(11)9(12)8(6)10(14)13-16(2)15/h4-5H,3H2,1-2H3,(H,13,14). The highest BCUT2D eigenvalue weighted by atomic mass is 32.2. The van der Waals surface area contributed by atoms with Crippen LogP contribution >= 0.6 is 0 Å². The summed E-state index contributed by atoms with van der Waals surface area (Å²) in [5.74, 6) is -3.17. The van der Waals surface area contributed by atoms with Crippen LogP contribution in [0, 0.1) is 11.6 Å². The van der Waals surface area contributed by atoms with E-state index in [1.807, 2.05) is 4.72 Å². The highest BCUT2D eigenvalue weighted by molar-refractivity contribution is 7.82. The zero-order chi connectivity index (χ0) is 12.3. The molecule has 0 bridgehead atoms. The average molecular weight is 247 g/mol. The van der Waals surface area contributed by atoms with Crippen LogP contribution in [0.5, 0.6) is 0 Å². The Balaban J connectivity index is 3.24. The third kappa shape index (κ3) is 2.63. The first-order valence-corrected chi connectivity index (χ1v) is 6.14. The molecular weight excluding hydrogens is 236 g/mol. The second-order valence-corrected chi connectivity index (χ2v) is 4.25. The average Bonchev–Trinajstić information content (AvgIpc) is 2.20. The van der Waals surface area contributed by atoms with Crippen LogP contribution in [0.3, 0.4) is 0 Å². The Hall–Kier alpha value is -1.30. The summed E-state index contributed by atoms with van der Waals surface area (Å²) < 4.78 is 39.2. The molecule has 1 unspecified atom stereocenters.